The molecule has 0 aliphatic carbocycles. The lowest BCUT2D eigenvalue weighted by Gasteiger charge is -2.10. The van der Waals surface area contributed by atoms with Gasteiger partial charge >= 0.3 is 5.97 Å². The predicted molar refractivity (Wildman–Crippen MR) is 77.6 cm³/mol. The van der Waals surface area contributed by atoms with Crippen molar-refractivity contribution in [3.05, 3.63) is 67.1 Å². The molecule has 0 saturated heterocycles. The van der Waals surface area contributed by atoms with E-state index >= 15 is 0 Å². The number of nitro groups is 1. The van der Waals surface area contributed by atoms with E-state index in [-0.39, 0.29) is 28.1 Å². The van der Waals surface area contributed by atoms with Gasteiger partial charge in [-0.25, -0.2) is 4.79 Å². The van der Waals surface area contributed by atoms with Crippen LogP contribution in [0.25, 0.3) is 11.8 Å². The summed E-state index contributed by atoms with van der Waals surface area (Å²) in [7, 11) is 0. The Labute approximate surface area is 128 Å². The maximum absolute atomic E-state index is 11.8. The minimum Gasteiger partial charge on any atom is -0.872 e. The summed E-state index contributed by atoms with van der Waals surface area (Å²) in [4.78, 5) is 36.3. The molecule has 8 nitrogen and oxygen atoms in total. The second-order valence-corrected chi connectivity index (χ2v) is 4.95. The van der Waals surface area contributed by atoms with Crippen molar-refractivity contribution in [1.29, 1.82) is 0 Å². The first-order valence-corrected chi connectivity index (χ1v) is 6.50. The van der Waals surface area contributed by atoms with E-state index < -0.39 is 22.2 Å². The summed E-state index contributed by atoms with van der Waals surface area (Å²) < 4.78 is 5.02. The first-order valence-electron chi connectivity index (χ1n) is 6.50. The molecule has 3 rings (SSSR count). The van der Waals surface area contributed by atoms with E-state index in [4.69, 9.17) is 4.74 Å². The molecule has 0 saturated carbocycles. The third kappa shape index (κ3) is 2.46. The van der Waals surface area contributed by atoms with Crippen LogP contribution in [-0.2, 0) is 4.74 Å². The topological polar surface area (TPSA) is 125 Å². The van der Waals surface area contributed by atoms with Crippen molar-refractivity contribution < 1.29 is 19.6 Å². The molecule has 23 heavy (non-hydrogen) atoms. The summed E-state index contributed by atoms with van der Waals surface area (Å²) in [6, 6.07) is 4.77. The fourth-order valence-electron chi connectivity index (χ4n) is 2.30. The van der Waals surface area contributed by atoms with Crippen molar-refractivity contribution in [3.8, 4) is 5.75 Å². The maximum Gasteiger partial charge on any atom is 0.349 e. The van der Waals surface area contributed by atoms with Gasteiger partial charge in [-0.3, -0.25) is 14.9 Å². The Balaban J connectivity index is 2.17. The number of carbonyl (C=O) groups is 1. The van der Waals surface area contributed by atoms with E-state index in [0.29, 0.717) is 5.69 Å². The molecule has 0 bridgehead atoms. The summed E-state index contributed by atoms with van der Waals surface area (Å²) in [5.41, 5.74) is -0.244. The second kappa shape index (κ2) is 5.09. The minimum atomic E-state index is -0.828. The SMILES string of the molecule is Cc1cc2c(c(=O)[nH]1)C(=O)O/C2=C\c1cc([N+](=O)[O-])ccc1[O-]. The number of carbonyl (C=O) groups excluding carboxylic acids is 1. The van der Waals surface area contributed by atoms with Gasteiger partial charge in [0.25, 0.3) is 11.2 Å². The largest absolute Gasteiger partial charge is 0.872 e. The lowest BCUT2D eigenvalue weighted by molar-refractivity contribution is -0.385. The number of aromatic amines is 1. The summed E-state index contributed by atoms with van der Waals surface area (Å²) in [5, 5.41) is 22.6. The molecular formula is C15H9N2O6-. The van der Waals surface area contributed by atoms with Crippen molar-refractivity contribution in [3.63, 3.8) is 0 Å². The Hall–Kier alpha value is -3.42. The molecule has 1 N–H and O–H groups in total. The van der Waals surface area contributed by atoms with E-state index in [9.17, 15) is 24.8 Å². The van der Waals surface area contributed by atoms with Gasteiger partial charge in [-0.1, -0.05) is 6.07 Å². The van der Waals surface area contributed by atoms with Crippen molar-refractivity contribution >= 4 is 23.5 Å². The molecule has 2 aromatic rings. The monoisotopic (exact) mass is 313 g/mol. The number of H-pyrrole nitrogens is 1. The molecule has 0 atom stereocenters. The first-order chi connectivity index (χ1) is 10.9. The van der Waals surface area contributed by atoms with Crippen LogP contribution in [-0.4, -0.2) is 15.9 Å². The molecule has 1 aromatic carbocycles. The van der Waals surface area contributed by atoms with Gasteiger partial charge in [0.15, 0.2) is 0 Å². The van der Waals surface area contributed by atoms with Crippen molar-refractivity contribution in [2.24, 2.45) is 0 Å². The van der Waals surface area contributed by atoms with Crippen LogP contribution in [0.15, 0.2) is 29.1 Å². The molecule has 1 aliphatic heterocycles. The molecule has 0 fully saturated rings. The maximum atomic E-state index is 11.8. The standard InChI is InChI=1S/C15H10N2O6/c1-7-4-10-12(23-15(20)13(10)14(19)16-7)6-8-5-9(17(21)22)2-3-11(8)18/h2-6,18H,1H3,(H,16,19)/p-1/b12-6-. The van der Waals surface area contributed by atoms with Gasteiger partial charge in [-0.05, 0) is 24.6 Å². The molecule has 2 heterocycles. The molecule has 0 unspecified atom stereocenters. The number of rotatable bonds is 2. The molecule has 0 amide bonds. The number of fused-ring (bicyclic) bond motifs is 1. The Bertz CT molecular complexity index is 941. The average molecular weight is 313 g/mol. The molecular weight excluding hydrogens is 304 g/mol. The highest BCUT2D eigenvalue weighted by Gasteiger charge is 2.30. The van der Waals surface area contributed by atoms with Crippen LogP contribution in [0, 0.1) is 17.0 Å². The number of esters is 1. The van der Waals surface area contributed by atoms with E-state index in [0.717, 1.165) is 18.2 Å². The zero-order valence-corrected chi connectivity index (χ0v) is 11.8. The van der Waals surface area contributed by atoms with Gasteiger partial charge in [-0.15, -0.1) is 5.75 Å². The highest BCUT2D eigenvalue weighted by atomic mass is 16.6. The second-order valence-electron chi connectivity index (χ2n) is 4.95. The fourth-order valence-corrected chi connectivity index (χ4v) is 2.30. The number of nitrogens with zero attached hydrogens (tertiary/aromatic N) is 1. The van der Waals surface area contributed by atoms with Crippen LogP contribution in [0.4, 0.5) is 5.69 Å². The lowest BCUT2D eigenvalue weighted by Crippen LogP contribution is -2.16. The third-order valence-electron chi connectivity index (χ3n) is 3.33. The van der Waals surface area contributed by atoms with E-state index in [1.165, 1.54) is 12.1 Å². The number of cyclic esters (lactones) is 1. The zero-order valence-electron chi connectivity index (χ0n) is 11.8. The molecule has 1 aliphatic rings. The summed E-state index contributed by atoms with van der Waals surface area (Å²) in [5.74, 6) is -1.28. The van der Waals surface area contributed by atoms with Crippen LogP contribution in [0.5, 0.6) is 5.75 Å². The number of pyridine rings is 1. The lowest BCUT2D eigenvalue weighted by atomic mass is 10.1. The number of nitro benzene ring substituents is 1. The highest BCUT2D eigenvalue weighted by Crippen LogP contribution is 2.32. The Morgan fingerprint density at radius 2 is 2.00 bits per heavy atom. The number of hydrogen-bond acceptors (Lipinski definition) is 6. The van der Waals surface area contributed by atoms with Crippen molar-refractivity contribution in [2.45, 2.75) is 6.92 Å². The average Bonchev–Trinajstić information content (AvgIpc) is 2.77. The number of aryl methyl sites for hydroxylation is 1. The molecule has 8 heteroatoms. The number of nitrogens with one attached hydrogen (secondary N) is 1. The van der Waals surface area contributed by atoms with Gasteiger partial charge in [0, 0.05) is 23.4 Å². The van der Waals surface area contributed by atoms with E-state index in [1.807, 2.05) is 0 Å². The number of ether oxygens (including phenoxy) is 1. The van der Waals surface area contributed by atoms with Gasteiger partial charge in [0.2, 0.25) is 0 Å². The number of benzene rings is 1. The van der Waals surface area contributed by atoms with Crippen molar-refractivity contribution in [2.75, 3.05) is 0 Å². The first kappa shape index (κ1) is 14.5. The van der Waals surface area contributed by atoms with Gasteiger partial charge in [0.1, 0.15) is 11.3 Å². The van der Waals surface area contributed by atoms with Crippen molar-refractivity contribution in [1.82, 2.24) is 4.98 Å². The number of aromatic nitrogens is 1. The minimum absolute atomic E-state index is 0.00668. The van der Waals surface area contributed by atoms with Crippen LogP contribution >= 0.6 is 0 Å². The number of hydrogen-bond donors (Lipinski definition) is 1. The number of non-ortho nitro benzene ring substituents is 1. The summed E-state index contributed by atoms with van der Waals surface area (Å²) in [6.45, 7) is 1.63. The molecule has 0 spiro atoms. The predicted octanol–water partition coefficient (Wildman–Crippen LogP) is 1.33. The fraction of sp³-hybridized carbons (Fsp3) is 0.0667. The van der Waals surface area contributed by atoms with Crippen LogP contribution in [0.3, 0.4) is 0 Å². The Kier molecular flexibility index (Phi) is 3.21. The van der Waals surface area contributed by atoms with Crippen LogP contribution < -0.4 is 10.7 Å². The summed E-state index contributed by atoms with van der Waals surface area (Å²) >= 11 is 0. The zero-order chi connectivity index (χ0) is 16.7. The van der Waals surface area contributed by atoms with Gasteiger partial charge in [0.05, 0.1) is 4.92 Å². The molecule has 116 valence electrons. The van der Waals surface area contributed by atoms with E-state index in [1.54, 1.807) is 6.92 Å². The normalized spacial score (nSPS) is 14.7. The molecule has 1 aromatic heterocycles. The smallest absolute Gasteiger partial charge is 0.349 e. The quantitative estimate of drug-likeness (QED) is 0.506. The Morgan fingerprint density at radius 1 is 1.26 bits per heavy atom. The van der Waals surface area contributed by atoms with Gasteiger partial charge in [-0.2, -0.15) is 0 Å². The highest BCUT2D eigenvalue weighted by molar-refractivity contribution is 6.05. The molecule has 0 radical (unpaired) electrons. The summed E-state index contributed by atoms with van der Waals surface area (Å²) in [6.07, 6.45) is 1.22. The van der Waals surface area contributed by atoms with Crippen LogP contribution in [0.1, 0.15) is 27.2 Å². The third-order valence-corrected chi connectivity index (χ3v) is 3.33. The van der Waals surface area contributed by atoms with Crippen LogP contribution in [0.2, 0.25) is 0 Å². The van der Waals surface area contributed by atoms with E-state index in [2.05, 4.69) is 4.98 Å². The van der Waals surface area contributed by atoms with Gasteiger partial charge < -0.3 is 14.8 Å². The Morgan fingerprint density at radius 3 is 2.70 bits per heavy atom.